The van der Waals surface area contributed by atoms with Crippen LogP contribution in [0.25, 0.3) is 0 Å². The molecule has 0 saturated heterocycles. The fourth-order valence-corrected chi connectivity index (χ4v) is 3.09. The average Bonchev–Trinajstić information content (AvgIpc) is 2.75. The molecule has 0 N–H and O–H groups in total. The molecular formula is C25H38O4. The number of benzene rings is 1. The Kier molecular flexibility index (Phi) is 15.4. The van der Waals surface area contributed by atoms with Gasteiger partial charge in [-0.25, -0.2) is 19.4 Å². The van der Waals surface area contributed by atoms with E-state index in [-0.39, 0.29) is 6.42 Å². The van der Waals surface area contributed by atoms with E-state index in [0.717, 1.165) is 25.7 Å². The van der Waals surface area contributed by atoms with Crippen LogP contribution in [-0.2, 0) is 14.6 Å². The van der Waals surface area contributed by atoms with Crippen molar-refractivity contribution in [2.75, 3.05) is 0 Å². The standard InChI is InChI=1S/C25H38O4/c1-2-3-4-5-6-7-8-9-10-11-12-13-14-15-19-22-24(26)28-29-25(27)23-20-17-16-18-21-23/h9-10,16-18,20-21H,2-8,11-15,19,22H2,1H3/b10-9+. The van der Waals surface area contributed by atoms with Gasteiger partial charge in [-0.15, -0.1) is 0 Å². The zero-order chi connectivity index (χ0) is 21.0. The highest BCUT2D eigenvalue weighted by molar-refractivity contribution is 5.89. The molecule has 0 radical (unpaired) electrons. The molecule has 0 unspecified atom stereocenters. The molecule has 0 aliphatic carbocycles. The SMILES string of the molecule is CCCCCCCC/C=C/CCCCCCCC(=O)OOC(=O)c1ccccc1. The first-order valence-corrected chi connectivity index (χ1v) is 11.4. The number of carbonyl (C=O) groups excluding carboxylic acids is 2. The van der Waals surface area contributed by atoms with E-state index in [9.17, 15) is 9.59 Å². The molecule has 0 aliphatic rings. The third-order valence-corrected chi connectivity index (χ3v) is 4.86. The van der Waals surface area contributed by atoms with E-state index in [1.807, 2.05) is 0 Å². The van der Waals surface area contributed by atoms with Crippen LogP contribution in [-0.4, -0.2) is 11.9 Å². The van der Waals surface area contributed by atoms with E-state index >= 15 is 0 Å². The molecule has 0 aromatic heterocycles. The zero-order valence-electron chi connectivity index (χ0n) is 18.1. The smallest absolute Gasteiger partial charge is 0.247 e. The number of rotatable bonds is 16. The van der Waals surface area contributed by atoms with Crippen LogP contribution in [0.15, 0.2) is 42.5 Å². The Hall–Kier alpha value is -2.10. The van der Waals surface area contributed by atoms with Crippen molar-refractivity contribution in [1.29, 1.82) is 0 Å². The monoisotopic (exact) mass is 402 g/mol. The first kappa shape index (κ1) is 24.9. The van der Waals surface area contributed by atoms with E-state index < -0.39 is 11.9 Å². The van der Waals surface area contributed by atoms with Gasteiger partial charge >= 0.3 is 11.9 Å². The minimum Gasteiger partial charge on any atom is -0.247 e. The number of hydrogen-bond donors (Lipinski definition) is 0. The van der Waals surface area contributed by atoms with E-state index in [1.54, 1.807) is 30.3 Å². The van der Waals surface area contributed by atoms with Crippen molar-refractivity contribution < 1.29 is 19.4 Å². The lowest BCUT2D eigenvalue weighted by molar-refractivity contribution is -0.234. The molecule has 0 atom stereocenters. The van der Waals surface area contributed by atoms with Crippen molar-refractivity contribution in [3.05, 3.63) is 48.0 Å². The van der Waals surface area contributed by atoms with Gasteiger partial charge < -0.3 is 0 Å². The summed E-state index contributed by atoms with van der Waals surface area (Å²) < 4.78 is 0. The first-order chi connectivity index (χ1) is 14.2. The molecule has 4 heteroatoms. The Balaban J connectivity index is 1.87. The van der Waals surface area contributed by atoms with Gasteiger partial charge in [-0.2, -0.15) is 0 Å². The Morgan fingerprint density at radius 1 is 0.724 bits per heavy atom. The molecule has 1 rings (SSSR count). The Bertz CT molecular complexity index is 565. The van der Waals surface area contributed by atoms with Crippen LogP contribution in [0.5, 0.6) is 0 Å². The summed E-state index contributed by atoms with van der Waals surface area (Å²) in [6.07, 6.45) is 20.6. The van der Waals surface area contributed by atoms with Crippen LogP contribution in [0.4, 0.5) is 0 Å². The average molecular weight is 403 g/mol. The van der Waals surface area contributed by atoms with Crippen molar-refractivity contribution in [1.82, 2.24) is 0 Å². The van der Waals surface area contributed by atoms with Gasteiger partial charge in [0.1, 0.15) is 0 Å². The lowest BCUT2D eigenvalue weighted by Crippen LogP contribution is -2.11. The summed E-state index contributed by atoms with van der Waals surface area (Å²) >= 11 is 0. The summed E-state index contributed by atoms with van der Waals surface area (Å²) in [5.41, 5.74) is 0.362. The van der Waals surface area contributed by atoms with Crippen LogP contribution < -0.4 is 0 Å². The molecule has 1 aromatic rings. The molecule has 162 valence electrons. The molecule has 29 heavy (non-hydrogen) atoms. The second kappa shape index (κ2) is 18.0. The van der Waals surface area contributed by atoms with E-state index in [2.05, 4.69) is 28.9 Å². The van der Waals surface area contributed by atoms with Gasteiger partial charge in [0, 0.05) is 0 Å². The van der Waals surface area contributed by atoms with Crippen molar-refractivity contribution in [3.8, 4) is 0 Å². The summed E-state index contributed by atoms with van der Waals surface area (Å²) in [7, 11) is 0. The molecule has 0 bridgehead atoms. The van der Waals surface area contributed by atoms with Crippen LogP contribution in [0.3, 0.4) is 0 Å². The normalized spacial score (nSPS) is 10.9. The predicted octanol–water partition coefficient (Wildman–Crippen LogP) is 7.34. The maximum atomic E-state index is 11.7. The largest absolute Gasteiger partial charge is 0.386 e. The Labute approximate surface area is 176 Å². The molecule has 0 heterocycles. The highest BCUT2D eigenvalue weighted by Crippen LogP contribution is 2.10. The lowest BCUT2D eigenvalue weighted by atomic mass is 10.1. The molecule has 0 aliphatic heterocycles. The van der Waals surface area contributed by atoms with Gasteiger partial charge in [0.15, 0.2) is 0 Å². The molecule has 0 amide bonds. The van der Waals surface area contributed by atoms with Crippen molar-refractivity contribution in [2.24, 2.45) is 0 Å². The van der Waals surface area contributed by atoms with Gasteiger partial charge in [0.05, 0.1) is 12.0 Å². The fourth-order valence-electron chi connectivity index (χ4n) is 3.09. The zero-order valence-corrected chi connectivity index (χ0v) is 18.1. The lowest BCUT2D eigenvalue weighted by Gasteiger charge is -2.03. The molecular weight excluding hydrogens is 364 g/mol. The highest BCUT2D eigenvalue weighted by Gasteiger charge is 2.11. The minimum atomic E-state index is -0.650. The third-order valence-electron chi connectivity index (χ3n) is 4.86. The topological polar surface area (TPSA) is 52.6 Å². The number of hydrogen-bond acceptors (Lipinski definition) is 4. The second-order valence-corrected chi connectivity index (χ2v) is 7.53. The molecule has 1 aromatic carbocycles. The van der Waals surface area contributed by atoms with Crippen LogP contribution in [0.1, 0.15) is 107 Å². The van der Waals surface area contributed by atoms with E-state index in [1.165, 1.54) is 57.8 Å². The van der Waals surface area contributed by atoms with Gasteiger partial charge in [0.25, 0.3) is 0 Å². The highest BCUT2D eigenvalue weighted by atomic mass is 17.2. The number of allylic oxidation sites excluding steroid dienone is 2. The van der Waals surface area contributed by atoms with Gasteiger partial charge in [-0.3, -0.25) is 0 Å². The predicted molar refractivity (Wildman–Crippen MR) is 117 cm³/mol. The quantitative estimate of drug-likeness (QED) is 0.126. The minimum absolute atomic E-state index is 0.278. The molecule has 4 nitrogen and oxygen atoms in total. The van der Waals surface area contributed by atoms with Crippen LogP contribution >= 0.6 is 0 Å². The summed E-state index contributed by atoms with van der Waals surface area (Å²) in [4.78, 5) is 32.4. The summed E-state index contributed by atoms with van der Waals surface area (Å²) in [5, 5.41) is 0. The molecule has 0 spiro atoms. The van der Waals surface area contributed by atoms with Gasteiger partial charge in [0.2, 0.25) is 0 Å². The molecule has 0 saturated carbocycles. The van der Waals surface area contributed by atoms with Gasteiger partial charge in [-0.1, -0.05) is 88.6 Å². The first-order valence-electron chi connectivity index (χ1n) is 11.4. The second-order valence-electron chi connectivity index (χ2n) is 7.53. The number of carbonyl (C=O) groups is 2. The summed E-state index contributed by atoms with van der Waals surface area (Å²) in [5.74, 6) is -1.14. The van der Waals surface area contributed by atoms with Crippen LogP contribution in [0, 0.1) is 0 Å². The van der Waals surface area contributed by atoms with E-state index in [0.29, 0.717) is 5.56 Å². The van der Waals surface area contributed by atoms with Gasteiger partial charge in [-0.05, 0) is 44.2 Å². The van der Waals surface area contributed by atoms with E-state index in [4.69, 9.17) is 0 Å². The van der Waals surface area contributed by atoms with Crippen molar-refractivity contribution in [3.63, 3.8) is 0 Å². The summed E-state index contributed by atoms with van der Waals surface area (Å²) in [6.45, 7) is 2.25. The van der Waals surface area contributed by atoms with Crippen molar-refractivity contribution >= 4 is 11.9 Å². The summed E-state index contributed by atoms with van der Waals surface area (Å²) in [6, 6.07) is 8.48. The maximum Gasteiger partial charge on any atom is 0.386 e. The van der Waals surface area contributed by atoms with Crippen LogP contribution in [0.2, 0.25) is 0 Å². The number of unbranched alkanes of at least 4 members (excludes halogenated alkanes) is 11. The maximum absolute atomic E-state index is 11.7. The fraction of sp³-hybridized carbons (Fsp3) is 0.600. The third kappa shape index (κ3) is 14.5. The van der Waals surface area contributed by atoms with Crippen molar-refractivity contribution in [2.45, 2.75) is 96.8 Å². The molecule has 0 fully saturated rings. The Morgan fingerprint density at radius 2 is 1.28 bits per heavy atom. The Morgan fingerprint density at radius 3 is 1.90 bits per heavy atom.